The largest absolute Gasteiger partial charge is 0.312 e. The Labute approximate surface area is 124 Å². The SMILES string of the molecule is CC(C)(CNC(C)(C)C)Cc1ccn(C2CCCC2)n1. The molecule has 0 bridgehead atoms. The zero-order valence-corrected chi connectivity index (χ0v) is 13.9. The predicted molar refractivity (Wildman–Crippen MR) is 85.0 cm³/mol. The normalized spacial score (nSPS) is 17.9. The number of hydrogen-bond acceptors (Lipinski definition) is 2. The Bertz CT molecular complexity index is 420. The van der Waals surface area contributed by atoms with Crippen LogP contribution in [0.5, 0.6) is 0 Å². The summed E-state index contributed by atoms with van der Waals surface area (Å²) in [7, 11) is 0. The predicted octanol–water partition coefficient (Wildman–Crippen LogP) is 3.96. The van der Waals surface area contributed by atoms with Crippen molar-refractivity contribution in [2.45, 2.75) is 78.3 Å². The summed E-state index contributed by atoms with van der Waals surface area (Å²) < 4.78 is 2.20. The molecule has 2 rings (SSSR count). The first kappa shape index (κ1) is 15.6. The topological polar surface area (TPSA) is 29.9 Å². The van der Waals surface area contributed by atoms with Crippen LogP contribution in [0.4, 0.5) is 0 Å². The maximum absolute atomic E-state index is 4.81. The van der Waals surface area contributed by atoms with Gasteiger partial charge in [0.2, 0.25) is 0 Å². The van der Waals surface area contributed by atoms with E-state index in [1.165, 1.54) is 31.4 Å². The number of rotatable bonds is 5. The molecule has 1 heterocycles. The molecular weight excluding hydrogens is 246 g/mol. The van der Waals surface area contributed by atoms with E-state index in [9.17, 15) is 0 Å². The van der Waals surface area contributed by atoms with Gasteiger partial charge in [-0.15, -0.1) is 0 Å². The summed E-state index contributed by atoms with van der Waals surface area (Å²) in [6, 6.07) is 2.86. The molecule has 0 saturated heterocycles. The highest BCUT2D eigenvalue weighted by atomic mass is 15.3. The highest BCUT2D eigenvalue weighted by molar-refractivity contribution is 5.03. The summed E-state index contributed by atoms with van der Waals surface area (Å²) in [6.45, 7) is 12.3. The van der Waals surface area contributed by atoms with Gasteiger partial charge in [0.05, 0.1) is 11.7 Å². The van der Waals surface area contributed by atoms with Crippen molar-refractivity contribution in [1.82, 2.24) is 15.1 Å². The quantitative estimate of drug-likeness (QED) is 0.883. The number of hydrogen-bond donors (Lipinski definition) is 1. The van der Waals surface area contributed by atoms with Gasteiger partial charge in [-0.05, 0) is 51.5 Å². The summed E-state index contributed by atoms with van der Waals surface area (Å²) in [5.41, 5.74) is 1.65. The third kappa shape index (κ3) is 4.62. The van der Waals surface area contributed by atoms with Crippen molar-refractivity contribution in [3.63, 3.8) is 0 Å². The molecule has 3 heteroatoms. The fourth-order valence-electron chi connectivity index (χ4n) is 2.90. The lowest BCUT2D eigenvalue weighted by Crippen LogP contribution is -2.42. The first-order chi connectivity index (χ1) is 9.25. The van der Waals surface area contributed by atoms with E-state index in [2.05, 4.69) is 56.9 Å². The summed E-state index contributed by atoms with van der Waals surface area (Å²) in [5.74, 6) is 0. The summed E-state index contributed by atoms with van der Waals surface area (Å²) in [5, 5.41) is 8.42. The number of aromatic nitrogens is 2. The lowest BCUT2D eigenvalue weighted by atomic mass is 9.87. The molecule has 1 aromatic heterocycles. The molecule has 0 unspecified atom stereocenters. The lowest BCUT2D eigenvalue weighted by Gasteiger charge is -2.30. The van der Waals surface area contributed by atoms with E-state index in [4.69, 9.17) is 5.10 Å². The van der Waals surface area contributed by atoms with E-state index < -0.39 is 0 Å². The second-order valence-electron chi connectivity index (χ2n) is 8.17. The molecule has 1 saturated carbocycles. The van der Waals surface area contributed by atoms with Gasteiger partial charge < -0.3 is 5.32 Å². The summed E-state index contributed by atoms with van der Waals surface area (Å²) in [4.78, 5) is 0. The van der Waals surface area contributed by atoms with Crippen LogP contribution in [0.3, 0.4) is 0 Å². The van der Waals surface area contributed by atoms with Crippen LogP contribution in [0.15, 0.2) is 12.3 Å². The van der Waals surface area contributed by atoms with Crippen LogP contribution < -0.4 is 5.32 Å². The molecule has 1 aliphatic carbocycles. The fraction of sp³-hybridized carbons (Fsp3) is 0.824. The molecule has 0 radical (unpaired) electrons. The minimum Gasteiger partial charge on any atom is -0.312 e. The van der Waals surface area contributed by atoms with E-state index in [-0.39, 0.29) is 11.0 Å². The zero-order chi connectivity index (χ0) is 14.8. The Morgan fingerprint density at radius 2 is 1.85 bits per heavy atom. The molecule has 0 aliphatic heterocycles. The highest BCUT2D eigenvalue weighted by Crippen LogP contribution is 2.29. The van der Waals surface area contributed by atoms with Gasteiger partial charge in [0.15, 0.2) is 0 Å². The van der Waals surface area contributed by atoms with E-state index in [0.29, 0.717) is 6.04 Å². The van der Waals surface area contributed by atoms with E-state index >= 15 is 0 Å². The fourth-order valence-corrected chi connectivity index (χ4v) is 2.90. The Hall–Kier alpha value is -0.830. The molecule has 0 aromatic carbocycles. The van der Waals surface area contributed by atoms with E-state index in [1.807, 2.05) is 0 Å². The number of nitrogens with one attached hydrogen (secondary N) is 1. The van der Waals surface area contributed by atoms with Gasteiger partial charge in [0.25, 0.3) is 0 Å². The molecule has 0 amide bonds. The molecule has 1 N–H and O–H groups in total. The van der Waals surface area contributed by atoms with Crippen molar-refractivity contribution in [3.05, 3.63) is 18.0 Å². The number of nitrogens with zero attached hydrogens (tertiary/aromatic N) is 2. The van der Waals surface area contributed by atoms with E-state index in [0.717, 1.165) is 13.0 Å². The third-order valence-electron chi connectivity index (χ3n) is 4.12. The van der Waals surface area contributed by atoms with Crippen LogP contribution in [-0.2, 0) is 6.42 Å². The van der Waals surface area contributed by atoms with E-state index in [1.54, 1.807) is 0 Å². The van der Waals surface area contributed by atoms with Crippen LogP contribution in [-0.4, -0.2) is 21.9 Å². The molecule has 1 aliphatic rings. The van der Waals surface area contributed by atoms with Gasteiger partial charge in [-0.3, -0.25) is 4.68 Å². The molecular formula is C17H31N3. The van der Waals surface area contributed by atoms with Gasteiger partial charge in [0.1, 0.15) is 0 Å². The zero-order valence-electron chi connectivity index (χ0n) is 13.9. The second kappa shape index (κ2) is 5.88. The Balaban J connectivity index is 1.91. The van der Waals surface area contributed by atoms with Crippen molar-refractivity contribution >= 4 is 0 Å². The molecule has 0 spiro atoms. The minimum absolute atomic E-state index is 0.181. The van der Waals surface area contributed by atoms with Crippen LogP contribution >= 0.6 is 0 Å². The van der Waals surface area contributed by atoms with Gasteiger partial charge in [-0.1, -0.05) is 26.7 Å². The van der Waals surface area contributed by atoms with Crippen molar-refractivity contribution < 1.29 is 0 Å². The second-order valence-corrected chi connectivity index (χ2v) is 8.17. The molecule has 1 aromatic rings. The minimum atomic E-state index is 0.181. The molecule has 0 atom stereocenters. The van der Waals surface area contributed by atoms with Crippen molar-refractivity contribution in [2.75, 3.05) is 6.54 Å². The smallest absolute Gasteiger partial charge is 0.0630 e. The maximum Gasteiger partial charge on any atom is 0.0630 e. The average Bonchev–Trinajstić information content (AvgIpc) is 2.95. The van der Waals surface area contributed by atoms with Crippen LogP contribution in [0, 0.1) is 5.41 Å². The Kier molecular flexibility index (Phi) is 4.58. The Morgan fingerprint density at radius 1 is 1.20 bits per heavy atom. The molecule has 114 valence electrons. The first-order valence-electron chi connectivity index (χ1n) is 8.04. The van der Waals surface area contributed by atoms with Crippen molar-refractivity contribution in [2.24, 2.45) is 5.41 Å². The van der Waals surface area contributed by atoms with Gasteiger partial charge in [-0.2, -0.15) is 5.10 Å². The van der Waals surface area contributed by atoms with Crippen molar-refractivity contribution in [1.29, 1.82) is 0 Å². The van der Waals surface area contributed by atoms with Crippen LogP contribution in [0.25, 0.3) is 0 Å². The Morgan fingerprint density at radius 3 is 2.45 bits per heavy atom. The summed E-state index contributed by atoms with van der Waals surface area (Å²) >= 11 is 0. The highest BCUT2D eigenvalue weighted by Gasteiger charge is 2.23. The van der Waals surface area contributed by atoms with Gasteiger partial charge in [-0.25, -0.2) is 0 Å². The van der Waals surface area contributed by atoms with Gasteiger partial charge in [0, 0.05) is 18.3 Å². The van der Waals surface area contributed by atoms with Crippen LogP contribution in [0.2, 0.25) is 0 Å². The molecule has 20 heavy (non-hydrogen) atoms. The monoisotopic (exact) mass is 277 g/mol. The lowest BCUT2D eigenvalue weighted by molar-refractivity contribution is 0.285. The van der Waals surface area contributed by atoms with Crippen molar-refractivity contribution in [3.8, 4) is 0 Å². The average molecular weight is 277 g/mol. The standard InChI is InChI=1S/C17H31N3/c1-16(2,3)18-13-17(4,5)12-14-10-11-20(19-14)15-8-6-7-9-15/h10-11,15,18H,6-9,12-13H2,1-5H3. The first-order valence-corrected chi connectivity index (χ1v) is 8.04. The maximum atomic E-state index is 4.81. The third-order valence-corrected chi connectivity index (χ3v) is 4.12. The molecule has 1 fully saturated rings. The van der Waals surface area contributed by atoms with Crippen LogP contribution in [0.1, 0.15) is 72.0 Å². The van der Waals surface area contributed by atoms with Gasteiger partial charge >= 0.3 is 0 Å². The summed E-state index contributed by atoms with van der Waals surface area (Å²) in [6.07, 6.45) is 8.54. The molecule has 3 nitrogen and oxygen atoms in total.